The van der Waals surface area contributed by atoms with E-state index in [-0.39, 0.29) is 24.0 Å². The van der Waals surface area contributed by atoms with Gasteiger partial charge in [-0.25, -0.2) is 4.79 Å². The zero-order valence-electron chi connectivity index (χ0n) is 14.9. The molecule has 1 aliphatic carbocycles. The second-order valence-electron chi connectivity index (χ2n) is 7.84. The molecule has 0 bridgehead atoms. The first-order valence-electron chi connectivity index (χ1n) is 8.71. The molecule has 1 aliphatic heterocycles. The highest BCUT2D eigenvalue weighted by molar-refractivity contribution is 5.79. The fourth-order valence-electron chi connectivity index (χ4n) is 3.30. The normalized spacial score (nSPS) is 26.7. The number of piperazine rings is 1. The number of amides is 2. The number of likely N-dealkylation sites (N-methyl/N-ethyl adjacent to an activating group) is 1. The molecule has 2 amide bonds. The Bertz CT molecular complexity index is 425. The predicted molar refractivity (Wildman–Crippen MR) is 89.2 cm³/mol. The Morgan fingerprint density at radius 2 is 1.74 bits per heavy atom. The van der Waals surface area contributed by atoms with Crippen LogP contribution in [-0.4, -0.2) is 66.7 Å². The molecule has 0 unspecified atom stereocenters. The number of nitrogens with zero attached hydrogens (tertiary/aromatic N) is 2. The average molecular weight is 325 g/mol. The standard InChI is InChI=1S/C17H31N3O3/c1-17(2,3)23-16(22)18-14-7-5-6-13(12-14)15(21)20-10-8-19(4)9-11-20/h13-14H,5-12H2,1-4H3,(H,18,22)/t13-,14+/m0/s1. The van der Waals surface area contributed by atoms with Gasteiger partial charge in [-0.3, -0.25) is 4.79 Å². The summed E-state index contributed by atoms with van der Waals surface area (Å²) in [6, 6.07) is 0.0417. The number of rotatable bonds is 2. The Labute approximate surface area is 139 Å². The zero-order chi connectivity index (χ0) is 17.0. The number of carbonyl (C=O) groups excluding carboxylic acids is 2. The van der Waals surface area contributed by atoms with Crippen LogP contribution in [0.25, 0.3) is 0 Å². The van der Waals surface area contributed by atoms with E-state index in [1.54, 1.807) is 0 Å². The third-order valence-corrected chi connectivity index (χ3v) is 4.56. The molecule has 1 saturated heterocycles. The van der Waals surface area contributed by atoms with Crippen LogP contribution in [0.5, 0.6) is 0 Å². The molecule has 0 aromatic carbocycles. The van der Waals surface area contributed by atoms with E-state index in [0.717, 1.165) is 51.9 Å². The molecule has 1 heterocycles. The zero-order valence-corrected chi connectivity index (χ0v) is 14.9. The van der Waals surface area contributed by atoms with Crippen LogP contribution in [0.4, 0.5) is 4.79 Å². The van der Waals surface area contributed by atoms with Crippen LogP contribution in [0, 0.1) is 5.92 Å². The van der Waals surface area contributed by atoms with Gasteiger partial charge < -0.3 is 19.9 Å². The van der Waals surface area contributed by atoms with Crippen molar-refractivity contribution in [2.45, 2.75) is 58.1 Å². The van der Waals surface area contributed by atoms with Gasteiger partial charge >= 0.3 is 6.09 Å². The molecule has 1 N–H and O–H groups in total. The van der Waals surface area contributed by atoms with E-state index in [0.29, 0.717) is 0 Å². The molecular weight excluding hydrogens is 294 g/mol. The van der Waals surface area contributed by atoms with Gasteiger partial charge in [0.05, 0.1) is 0 Å². The average Bonchev–Trinajstić information content (AvgIpc) is 2.45. The minimum atomic E-state index is -0.492. The van der Waals surface area contributed by atoms with Crippen molar-refractivity contribution in [3.05, 3.63) is 0 Å². The Morgan fingerprint density at radius 1 is 1.09 bits per heavy atom. The van der Waals surface area contributed by atoms with Crippen molar-refractivity contribution in [3.8, 4) is 0 Å². The van der Waals surface area contributed by atoms with Gasteiger partial charge in [0, 0.05) is 38.1 Å². The number of carbonyl (C=O) groups is 2. The highest BCUT2D eigenvalue weighted by Crippen LogP contribution is 2.26. The number of hydrogen-bond donors (Lipinski definition) is 1. The molecule has 0 spiro atoms. The lowest BCUT2D eigenvalue weighted by Gasteiger charge is -2.37. The first-order valence-corrected chi connectivity index (χ1v) is 8.71. The first kappa shape index (κ1) is 18.0. The van der Waals surface area contributed by atoms with E-state index >= 15 is 0 Å². The van der Waals surface area contributed by atoms with Crippen LogP contribution in [-0.2, 0) is 9.53 Å². The number of ether oxygens (including phenoxy) is 1. The predicted octanol–water partition coefficient (Wildman–Crippen LogP) is 1.84. The summed E-state index contributed by atoms with van der Waals surface area (Å²) in [7, 11) is 2.09. The minimum absolute atomic E-state index is 0.0343. The van der Waals surface area contributed by atoms with Crippen LogP contribution in [0.3, 0.4) is 0 Å². The molecular formula is C17H31N3O3. The number of nitrogens with one attached hydrogen (secondary N) is 1. The maximum Gasteiger partial charge on any atom is 0.407 e. The Balaban J connectivity index is 1.83. The molecule has 132 valence electrons. The van der Waals surface area contributed by atoms with Gasteiger partial charge in [-0.05, 0) is 47.1 Å². The topological polar surface area (TPSA) is 61.9 Å². The van der Waals surface area contributed by atoms with Gasteiger partial charge in [0.15, 0.2) is 0 Å². The molecule has 2 rings (SSSR count). The van der Waals surface area contributed by atoms with E-state index in [2.05, 4.69) is 17.3 Å². The lowest BCUT2D eigenvalue weighted by Crippen LogP contribution is -2.50. The largest absolute Gasteiger partial charge is 0.444 e. The molecule has 0 aromatic rings. The fourth-order valence-corrected chi connectivity index (χ4v) is 3.30. The van der Waals surface area contributed by atoms with E-state index in [4.69, 9.17) is 4.74 Å². The maximum absolute atomic E-state index is 12.7. The summed E-state index contributed by atoms with van der Waals surface area (Å²) in [4.78, 5) is 28.8. The molecule has 6 heteroatoms. The molecule has 1 saturated carbocycles. The highest BCUT2D eigenvalue weighted by Gasteiger charge is 2.32. The molecule has 23 heavy (non-hydrogen) atoms. The molecule has 0 radical (unpaired) electrons. The molecule has 6 nitrogen and oxygen atoms in total. The van der Waals surface area contributed by atoms with Crippen LogP contribution < -0.4 is 5.32 Å². The van der Waals surface area contributed by atoms with Gasteiger partial charge in [0.1, 0.15) is 5.60 Å². The quantitative estimate of drug-likeness (QED) is 0.841. The second-order valence-corrected chi connectivity index (χ2v) is 7.84. The van der Waals surface area contributed by atoms with Gasteiger partial charge in [0.2, 0.25) is 5.91 Å². The maximum atomic E-state index is 12.7. The second kappa shape index (κ2) is 7.51. The summed E-state index contributed by atoms with van der Waals surface area (Å²) in [5, 5.41) is 2.93. The van der Waals surface area contributed by atoms with Gasteiger partial charge in [-0.2, -0.15) is 0 Å². The monoisotopic (exact) mass is 325 g/mol. The summed E-state index contributed by atoms with van der Waals surface area (Å²) in [5.74, 6) is 0.292. The van der Waals surface area contributed by atoms with Crippen LogP contribution in [0.1, 0.15) is 46.5 Å². The van der Waals surface area contributed by atoms with Gasteiger partial charge in [-0.1, -0.05) is 6.42 Å². The Kier molecular flexibility index (Phi) is 5.89. The van der Waals surface area contributed by atoms with E-state index in [9.17, 15) is 9.59 Å². The first-order chi connectivity index (χ1) is 10.7. The van der Waals surface area contributed by atoms with Crippen LogP contribution >= 0.6 is 0 Å². The van der Waals surface area contributed by atoms with Crippen molar-refractivity contribution >= 4 is 12.0 Å². The lowest BCUT2D eigenvalue weighted by molar-refractivity contribution is -0.138. The number of hydrogen-bond acceptors (Lipinski definition) is 4. The smallest absolute Gasteiger partial charge is 0.407 e. The Morgan fingerprint density at radius 3 is 2.35 bits per heavy atom. The van der Waals surface area contributed by atoms with Crippen molar-refractivity contribution < 1.29 is 14.3 Å². The Hall–Kier alpha value is -1.30. The van der Waals surface area contributed by atoms with Crippen molar-refractivity contribution in [2.24, 2.45) is 5.92 Å². The third-order valence-electron chi connectivity index (χ3n) is 4.56. The van der Waals surface area contributed by atoms with Gasteiger partial charge in [0.25, 0.3) is 0 Å². The number of alkyl carbamates (subject to hydrolysis) is 1. The van der Waals surface area contributed by atoms with E-state index in [1.807, 2.05) is 25.7 Å². The van der Waals surface area contributed by atoms with Crippen molar-refractivity contribution in [2.75, 3.05) is 33.2 Å². The summed E-state index contributed by atoms with van der Waals surface area (Å²) in [6.07, 6.45) is 3.17. The molecule has 2 fully saturated rings. The van der Waals surface area contributed by atoms with Crippen LogP contribution in [0.2, 0.25) is 0 Å². The summed E-state index contributed by atoms with van der Waals surface area (Å²) >= 11 is 0. The van der Waals surface area contributed by atoms with Crippen molar-refractivity contribution in [1.82, 2.24) is 15.1 Å². The molecule has 0 aromatic heterocycles. The lowest BCUT2D eigenvalue weighted by atomic mass is 9.84. The van der Waals surface area contributed by atoms with E-state index in [1.165, 1.54) is 0 Å². The summed E-state index contributed by atoms with van der Waals surface area (Å²) in [5.41, 5.74) is -0.492. The molecule has 2 atom stereocenters. The third kappa shape index (κ3) is 5.68. The van der Waals surface area contributed by atoms with Crippen molar-refractivity contribution in [1.29, 1.82) is 0 Å². The minimum Gasteiger partial charge on any atom is -0.444 e. The molecule has 2 aliphatic rings. The van der Waals surface area contributed by atoms with E-state index < -0.39 is 5.60 Å². The summed E-state index contributed by atoms with van der Waals surface area (Å²) < 4.78 is 5.31. The SMILES string of the molecule is CN1CCN(C(=O)[C@H]2CCC[C@@H](NC(=O)OC(C)(C)C)C2)CC1. The summed E-state index contributed by atoms with van der Waals surface area (Å²) in [6.45, 7) is 9.08. The van der Waals surface area contributed by atoms with Crippen molar-refractivity contribution in [3.63, 3.8) is 0 Å². The fraction of sp³-hybridized carbons (Fsp3) is 0.882. The highest BCUT2D eigenvalue weighted by atomic mass is 16.6. The van der Waals surface area contributed by atoms with Crippen LogP contribution in [0.15, 0.2) is 0 Å². The van der Waals surface area contributed by atoms with Gasteiger partial charge in [-0.15, -0.1) is 0 Å².